The van der Waals surface area contributed by atoms with E-state index in [0.717, 1.165) is 16.7 Å². The topological polar surface area (TPSA) is 78.8 Å². The summed E-state index contributed by atoms with van der Waals surface area (Å²) in [4.78, 5) is 42.9. The van der Waals surface area contributed by atoms with Crippen molar-refractivity contribution in [3.63, 3.8) is 0 Å². The van der Waals surface area contributed by atoms with Crippen molar-refractivity contribution in [3.05, 3.63) is 63.2 Å². The molecule has 0 spiro atoms. The van der Waals surface area contributed by atoms with Crippen LogP contribution < -0.4 is 10.2 Å². The van der Waals surface area contributed by atoms with Crippen molar-refractivity contribution in [2.24, 2.45) is 4.99 Å². The predicted molar refractivity (Wildman–Crippen MR) is 108 cm³/mol. The number of amidine groups is 1. The molecule has 0 aliphatic carbocycles. The molecule has 2 aromatic rings. The quantitative estimate of drug-likeness (QED) is 0.658. The van der Waals surface area contributed by atoms with Gasteiger partial charge in [0.15, 0.2) is 5.17 Å². The van der Waals surface area contributed by atoms with Gasteiger partial charge in [0.25, 0.3) is 11.8 Å². The van der Waals surface area contributed by atoms with Crippen LogP contribution in [0.2, 0.25) is 0 Å². The first kappa shape index (κ1) is 18.6. The van der Waals surface area contributed by atoms with E-state index >= 15 is 0 Å². The molecule has 0 atom stereocenters. The van der Waals surface area contributed by atoms with E-state index in [2.05, 4.69) is 26.2 Å². The van der Waals surface area contributed by atoms with E-state index in [1.165, 1.54) is 31.2 Å². The van der Waals surface area contributed by atoms with E-state index in [1.807, 2.05) is 0 Å². The van der Waals surface area contributed by atoms with Gasteiger partial charge in [-0.15, -0.1) is 0 Å². The Bertz CT molecular complexity index is 1110. The van der Waals surface area contributed by atoms with Crippen molar-refractivity contribution in [1.29, 1.82) is 0 Å². The highest BCUT2D eigenvalue weighted by atomic mass is 79.9. The molecule has 0 aromatic heterocycles. The molecule has 2 aliphatic rings. The molecule has 1 N–H and O–H groups in total. The lowest BCUT2D eigenvalue weighted by Crippen LogP contribution is -2.31. The fourth-order valence-corrected chi connectivity index (χ4v) is 4.23. The van der Waals surface area contributed by atoms with Gasteiger partial charge in [-0.1, -0.05) is 15.9 Å². The van der Waals surface area contributed by atoms with Crippen molar-refractivity contribution >= 4 is 67.5 Å². The van der Waals surface area contributed by atoms with E-state index in [1.54, 1.807) is 18.2 Å². The number of nitrogens with one attached hydrogen (secondary N) is 1. The summed E-state index contributed by atoms with van der Waals surface area (Å²) in [6.07, 6.45) is 0. The second kappa shape index (κ2) is 6.99. The Labute approximate surface area is 171 Å². The van der Waals surface area contributed by atoms with Crippen LogP contribution in [0.15, 0.2) is 56.8 Å². The number of aliphatic imine (C=N–C) groups is 1. The highest BCUT2D eigenvalue weighted by Gasteiger charge is 2.41. The molecule has 0 saturated carbocycles. The Hall–Kier alpha value is -2.78. The third-order valence-corrected chi connectivity index (χ3v) is 5.58. The summed E-state index contributed by atoms with van der Waals surface area (Å²) in [5.74, 6) is -1.86. The van der Waals surface area contributed by atoms with Gasteiger partial charge in [0.2, 0.25) is 5.91 Å². The number of anilines is 1. The van der Waals surface area contributed by atoms with Gasteiger partial charge >= 0.3 is 0 Å². The number of hydrogen-bond donors (Lipinski definition) is 1. The fraction of sp³-hybridized carbons (Fsp3) is 0.0526. The van der Waals surface area contributed by atoms with E-state index in [0.29, 0.717) is 21.4 Å². The van der Waals surface area contributed by atoms with E-state index in [9.17, 15) is 18.8 Å². The zero-order valence-corrected chi connectivity index (χ0v) is 16.7. The minimum Gasteiger partial charge on any atom is -0.300 e. The number of carbonyl (C=O) groups excluding carboxylic acids is 3. The maximum atomic E-state index is 13.0. The van der Waals surface area contributed by atoms with Gasteiger partial charge in [0, 0.05) is 17.0 Å². The van der Waals surface area contributed by atoms with Crippen molar-refractivity contribution in [2.45, 2.75) is 6.92 Å². The minimum absolute atomic E-state index is 0.151. The molecule has 28 heavy (non-hydrogen) atoms. The summed E-state index contributed by atoms with van der Waals surface area (Å²) < 4.78 is 13.8. The molecule has 1 fully saturated rings. The normalized spacial score (nSPS) is 20.0. The van der Waals surface area contributed by atoms with E-state index < -0.39 is 23.5 Å². The Morgan fingerprint density at radius 3 is 2.57 bits per heavy atom. The molecule has 2 aliphatic heterocycles. The highest BCUT2D eigenvalue weighted by Crippen LogP contribution is 2.44. The Balaban J connectivity index is 1.79. The third-order valence-electron chi connectivity index (χ3n) is 4.11. The summed E-state index contributed by atoms with van der Waals surface area (Å²) >= 11 is 4.36. The fourth-order valence-electron chi connectivity index (χ4n) is 2.94. The number of benzene rings is 2. The molecule has 2 aromatic carbocycles. The molecule has 140 valence electrons. The number of thioether (sulfide) groups is 1. The highest BCUT2D eigenvalue weighted by molar-refractivity contribution is 9.10. The van der Waals surface area contributed by atoms with Crippen LogP contribution in [0.5, 0.6) is 0 Å². The third kappa shape index (κ3) is 3.16. The maximum Gasteiger partial charge on any atom is 0.267 e. The summed E-state index contributed by atoms with van der Waals surface area (Å²) in [6.45, 7) is 1.29. The van der Waals surface area contributed by atoms with Crippen molar-refractivity contribution in [3.8, 4) is 0 Å². The molecule has 0 unspecified atom stereocenters. The number of hydrogen-bond acceptors (Lipinski definition) is 5. The standard InChI is InChI=1S/C19H11BrFN3O3S/c1-9(25)24-14-7-2-10(20)8-13(14)15(18(24)27)16-17(26)23-19(28-16)22-12-5-3-11(21)4-6-12/h2-8H,1H3,(H,22,23,26)/b16-15-. The van der Waals surface area contributed by atoms with E-state index in [4.69, 9.17) is 0 Å². The molecule has 1 saturated heterocycles. The SMILES string of the molecule is CC(=O)N1C(=O)/C(=C2\SC(=Nc3ccc(F)cc3)NC2=O)c2cc(Br)ccc21. The summed E-state index contributed by atoms with van der Waals surface area (Å²) in [5.41, 5.74) is 1.54. The molecule has 3 amide bonds. The number of amides is 3. The van der Waals surface area contributed by atoms with Crippen LogP contribution in [0.25, 0.3) is 5.57 Å². The van der Waals surface area contributed by atoms with Crippen molar-refractivity contribution in [1.82, 2.24) is 5.32 Å². The molecular weight excluding hydrogens is 449 g/mol. The Morgan fingerprint density at radius 2 is 1.89 bits per heavy atom. The number of halogens is 2. The Morgan fingerprint density at radius 1 is 1.18 bits per heavy atom. The smallest absolute Gasteiger partial charge is 0.267 e. The molecule has 9 heteroatoms. The van der Waals surface area contributed by atoms with Crippen LogP contribution in [0.1, 0.15) is 12.5 Å². The predicted octanol–water partition coefficient (Wildman–Crippen LogP) is 3.74. The minimum atomic E-state index is -0.554. The van der Waals surface area contributed by atoms with Crippen molar-refractivity contribution < 1.29 is 18.8 Å². The molecule has 6 nitrogen and oxygen atoms in total. The summed E-state index contributed by atoms with van der Waals surface area (Å²) in [7, 11) is 0. The van der Waals surface area contributed by atoms with Gasteiger partial charge in [-0.3, -0.25) is 14.4 Å². The maximum absolute atomic E-state index is 13.0. The van der Waals surface area contributed by atoms with Gasteiger partial charge < -0.3 is 5.32 Å². The lowest BCUT2D eigenvalue weighted by atomic mass is 10.1. The lowest BCUT2D eigenvalue weighted by Gasteiger charge is -2.11. The number of nitrogens with zero attached hydrogens (tertiary/aromatic N) is 2. The molecule has 4 rings (SSSR count). The molecular formula is C19H11BrFN3O3S. The van der Waals surface area contributed by atoms with Gasteiger partial charge in [0.1, 0.15) is 5.82 Å². The largest absolute Gasteiger partial charge is 0.300 e. The summed E-state index contributed by atoms with van der Waals surface area (Å²) in [6, 6.07) is 10.5. The molecule has 0 bridgehead atoms. The van der Waals surface area contributed by atoms with Gasteiger partial charge in [-0.05, 0) is 54.2 Å². The number of fused-ring (bicyclic) bond motifs is 1. The van der Waals surface area contributed by atoms with Gasteiger partial charge in [-0.25, -0.2) is 14.3 Å². The zero-order chi connectivity index (χ0) is 20.0. The monoisotopic (exact) mass is 459 g/mol. The van der Waals surface area contributed by atoms with Crippen LogP contribution >= 0.6 is 27.7 Å². The van der Waals surface area contributed by atoms with Crippen molar-refractivity contribution in [2.75, 3.05) is 4.90 Å². The van der Waals surface area contributed by atoms with Crippen LogP contribution in [0.4, 0.5) is 15.8 Å². The summed E-state index contributed by atoms with van der Waals surface area (Å²) in [5, 5.41) is 2.88. The lowest BCUT2D eigenvalue weighted by molar-refractivity contribution is -0.122. The first-order valence-electron chi connectivity index (χ1n) is 8.08. The van der Waals surface area contributed by atoms with Crippen LogP contribution in [0, 0.1) is 5.82 Å². The zero-order valence-electron chi connectivity index (χ0n) is 14.3. The second-order valence-corrected chi connectivity index (χ2v) is 7.89. The average Bonchev–Trinajstić information content (AvgIpc) is 3.12. The van der Waals surface area contributed by atoms with Crippen LogP contribution in [0.3, 0.4) is 0 Å². The number of carbonyl (C=O) groups is 3. The van der Waals surface area contributed by atoms with Crippen LogP contribution in [-0.2, 0) is 14.4 Å². The molecule has 2 heterocycles. The molecule has 0 radical (unpaired) electrons. The average molecular weight is 460 g/mol. The second-order valence-electron chi connectivity index (χ2n) is 5.97. The van der Waals surface area contributed by atoms with Gasteiger partial charge in [-0.2, -0.15) is 0 Å². The Kier molecular flexibility index (Phi) is 4.64. The first-order chi connectivity index (χ1) is 13.3. The van der Waals surface area contributed by atoms with E-state index in [-0.39, 0.29) is 15.6 Å². The van der Waals surface area contributed by atoms with Crippen LogP contribution in [-0.4, -0.2) is 22.9 Å². The number of imide groups is 1. The first-order valence-corrected chi connectivity index (χ1v) is 9.69. The van der Waals surface area contributed by atoms with Gasteiger partial charge in [0.05, 0.1) is 21.9 Å². The number of rotatable bonds is 1.